The van der Waals surface area contributed by atoms with Crippen LogP contribution >= 0.6 is 7.26 Å². The van der Waals surface area contributed by atoms with E-state index in [0.717, 1.165) is 12.8 Å². The van der Waals surface area contributed by atoms with Crippen molar-refractivity contribution < 1.29 is 21.7 Å². The highest BCUT2D eigenvalue weighted by Crippen LogP contribution is 2.54. The highest BCUT2D eigenvalue weighted by Gasteiger charge is 2.44. The van der Waals surface area contributed by atoms with Crippen molar-refractivity contribution in [3.05, 3.63) is 91.0 Å². The number of benzene rings is 3. The summed E-state index contributed by atoms with van der Waals surface area (Å²) in [4.78, 5) is 0. The number of halogens is 1. The van der Waals surface area contributed by atoms with E-state index in [0.29, 0.717) is 0 Å². The molecule has 1 nitrogen and oxygen atoms in total. The zero-order chi connectivity index (χ0) is 17.5. The third-order valence-corrected chi connectivity index (χ3v) is 8.86. The molecule has 0 radical (unpaired) electrons. The summed E-state index contributed by atoms with van der Waals surface area (Å²) in [6, 6.07) is 32.9. The molecule has 3 heteroatoms. The number of ether oxygens (including phenoxy) is 1. The molecule has 0 fully saturated rings. The fourth-order valence-electron chi connectivity index (χ4n) is 3.31. The Kier molecular flexibility index (Phi) is 8.03. The van der Waals surface area contributed by atoms with E-state index in [9.17, 15) is 0 Å². The first-order valence-electron chi connectivity index (χ1n) is 8.90. The lowest BCUT2D eigenvalue weighted by molar-refractivity contribution is -0.00000752. The van der Waals surface area contributed by atoms with Crippen molar-refractivity contribution in [2.45, 2.75) is 20.0 Å². The summed E-state index contributed by atoms with van der Waals surface area (Å²) in [5, 5.41) is 4.25. The zero-order valence-electron chi connectivity index (χ0n) is 15.4. The van der Waals surface area contributed by atoms with Crippen LogP contribution in [0.5, 0.6) is 0 Å². The van der Waals surface area contributed by atoms with Gasteiger partial charge in [-0.3, -0.25) is 0 Å². The smallest absolute Gasteiger partial charge is 0.114 e. The first-order valence-corrected chi connectivity index (χ1v) is 10.9. The van der Waals surface area contributed by atoms with Gasteiger partial charge in [-0.15, -0.1) is 0 Å². The molecule has 0 unspecified atom stereocenters. The maximum atomic E-state index is 5.99. The largest absolute Gasteiger partial charge is 1.00 e. The van der Waals surface area contributed by atoms with Crippen LogP contribution in [0.4, 0.5) is 0 Å². The number of hydrogen-bond acceptors (Lipinski definition) is 1. The molecule has 0 saturated heterocycles. The summed E-state index contributed by atoms with van der Waals surface area (Å²) in [6.07, 6.45) is 1.27. The molecular formula is C23H26BrOP. The Balaban J connectivity index is 0.00000243. The molecule has 0 N–H and O–H groups in total. The van der Waals surface area contributed by atoms with Crippen LogP contribution < -0.4 is 32.9 Å². The van der Waals surface area contributed by atoms with Gasteiger partial charge in [0.25, 0.3) is 0 Å². The Morgan fingerprint density at radius 3 is 1.31 bits per heavy atom. The minimum Gasteiger partial charge on any atom is -1.00 e. The second-order valence-electron chi connectivity index (χ2n) is 6.46. The van der Waals surface area contributed by atoms with Gasteiger partial charge in [0, 0.05) is 0 Å². The SMILES string of the molecule is CC(C)OCC[P+](c1ccccc1)(c1ccccc1)c1ccccc1.[Br-]. The van der Waals surface area contributed by atoms with Crippen LogP contribution in [0.15, 0.2) is 91.0 Å². The van der Waals surface area contributed by atoms with Crippen molar-refractivity contribution in [3.8, 4) is 0 Å². The molecule has 0 atom stereocenters. The van der Waals surface area contributed by atoms with Gasteiger partial charge in [0.1, 0.15) is 23.2 Å². The Morgan fingerprint density at radius 1 is 0.654 bits per heavy atom. The Morgan fingerprint density at radius 2 is 1.00 bits per heavy atom. The van der Waals surface area contributed by atoms with Crippen LogP contribution in [0.3, 0.4) is 0 Å². The van der Waals surface area contributed by atoms with E-state index in [1.807, 2.05) is 0 Å². The summed E-state index contributed by atoms with van der Waals surface area (Å²) in [5.41, 5.74) is 0. The molecule has 0 bridgehead atoms. The predicted molar refractivity (Wildman–Crippen MR) is 111 cm³/mol. The average Bonchev–Trinajstić information content (AvgIpc) is 2.67. The van der Waals surface area contributed by atoms with E-state index in [4.69, 9.17) is 4.74 Å². The van der Waals surface area contributed by atoms with Gasteiger partial charge < -0.3 is 21.7 Å². The molecule has 0 amide bonds. The normalized spacial score (nSPS) is 11.2. The average molecular weight is 429 g/mol. The van der Waals surface area contributed by atoms with Gasteiger partial charge in [-0.05, 0) is 50.2 Å². The van der Waals surface area contributed by atoms with Crippen molar-refractivity contribution in [1.29, 1.82) is 0 Å². The Bertz CT molecular complexity index is 663. The van der Waals surface area contributed by atoms with Crippen LogP contribution in [0.1, 0.15) is 13.8 Å². The van der Waals surface area contributed by atoms with Crippen molar-refractivity contribution >= 4 is 23.2 Å². The quantitative estimate of drug-likeness (QED) is 0.517. The molecule has 26 heavy (non-hydrogen) atoms. The van der Waals surface area contributed by atoms with E-state index in [1.165, 1.54) is 15.9 Å². The molecule has 0 aliphatic rings. The fraction of sp³-hybridized carbons (Fsp3) is 0.217. The monoisotopic (exact) mass is 428 g/mol. The zero-order valence-corrected chi connectivity index (χ0v) is 17.9. The predicted octanol–water partition coefficient (Wildman–Crippen LogP) is 1.41. The molecule has 0 heterocycles. The summed E-state index contributed by atoms with van der Waals surface area (Å²) in [7, 11) is -1.73. The lowest BCUT2D eigenvalue weighted by Crippen LogP contribution is -3.00. The molecule has 0 aliphatic carbocycles. The van der Waals surface area contributed by atoms with Gasteiger partial charge in [0.05, 0.1) is 18.9 Å². The van der Waals surface area contributed by atoms with Gasteiger partial charge in [-0.1, -0.05) is 54.6 Å². The van der Waals surface area contributed by atoms with Crippen LogP contribution in [-0.2, 0) is 4.74 Å². The van der Waals surface area contributed by atoms with E-state index < -0.39 is 7.26 Å². The van der Waals surface area contributed by atoms with Gasteiger partial charge in [-0.2, -0.15) is 0 Å². The van der Waals surface area contributed by atoms with E-state index in [2.05, 4.69) is 105 Å². The second-order valence-corrected chi connectivity index (χ2v) is 10.1. The molecule has 0 aliphatic heterocycles. The van der Waals surface area contributed by atoms with Gasteiger partial charge in [0.2, 0.25) is 0 Å². The topological polar surface area (TPSA) is 9.23 Å². The van der Waals surface area contributed by atoms with Gasteiger partial charge in [0.15, 0.2) is 0 Å². The summed E-state index contributed by atoms with van der Waals surface area (Å²) in [6.45, 7) is 4.98. The maximum Gasteiger partial charge on any atom is 0.114 e. The molecule has 136 valence electrons. The fourth-order valence-corrected chi connectivity index (χ4v) is 7.40. The maximum absolute atomic E-state index is 5.99. The second kappa shape index (κ2) is 10.0. The van der Waals surface area contributed by atoms with Gasteiger partial charge >= 0.3 is 0 Å². The minimum absolute atomic E-state index is 0. The third kappa shape index (κ3) is 4.62. The molecule has 3 aromatic carbocycles. The highest BCUT2D eigenvalue weighted by molar-refractivity contribution is 7.95. The van der Waals surface area contributed by atoms with Gasteiger partial charge in [-0.25, -0.2) is 0 Å². The summed E-state index contributed by atoms with van der Waals surface area (Å²) >= 11 is 0. The highest BCUT2D eigenvalue weighted by atomic mass is 79.9. The van der Waals surface area contributed by atoms with E-state index >= 15 is 0 Å². The van der Waals surface area contributed by atoms with Crippen LogP contribution in [-0.4, -0.2) is 18.9 Å². The molecular weight excluding hydrogens is 403 g/mol. The van der Waals surface area contributed by atoms with Crippen molar-refractivity contribution in [3.63, 3.8) is 0 Å². The summed E-state index contributed by atoms with van der Waals surface area (Å²) in [5.74, 6) is 0. The third-order valence-electron chi connectivity index (χ3n) is 4.47. The Labute approximate surface area is 168 Å². The molecule has 0 aromatic heterocycles. The van der Waals surface area contributed by atoms with Crippen molar-refractivity contribution in [1.82, 2.24) is 0 Å². The first kappa shape index (κ1) is 20.8. The minimum atomic E-state index is -1.73. The van der Waals surface area contributed by atoms with E-state index in [1.54, 1.807) is 0 Å². The van der Waals surface area contributed by atoms with Crippen LogP contribution in [0, 0.1) is 0 Å². The van der Waals surface area contributed by atoms with Crippen LogP contribution in [0.25, 0.3) is 0 Å². The van der Waals surface area contributed by atoms with E-state index in [-0.39, 0.29) is 23.1 Å². The lowest BCUT2D eigenvalue weighted by Gasteiger charge is -2.28. The number of rotatable bonds is 7. The molecule has 3 rings (SSSR count). The summed E-state index contributed by atoms with van der Waals surface area (Å²) < 4.78 is 5.99. The Hall–Kier alpha value is -1.47. The first-order chi connectivity index (χ1) is 12.2. The van der Waals surface area contributed by atoms with Crippen LogP contribution in [0.2, 0.25) is 0 Å². The standard InChI is InChI=1S/C23H26OP.BrH/c1-20(2)24-18-19-25(21-12-6-3-7-13-21,22-14-8-4-9-15-22)23-16-10-5-11-17-23;/h3-17,20H,18-19H2,1-2H3;1H/q+1;/p-1. The molecule has 0 saturated carbocycles. The van der Waals surface area contributed by atoms with Crippen molar-refractivity contribution in [2.24, 2.45) is 0 Å². The van der Waals surface area contributed by atoms with Crippen molar-refractivity contribution in [2.75, 3.05) is 12.8 Å². The number of hydrogen-bond donors (Lipinski definition) is 0. The molecule has 3 aromatic rings. The molecule has 0 spiro atoms. The lowest BCUT2D eigenvalue weighted by atomic mass is 10.4.